The van der Waals surface area contributed by atoms with Crippen molar-refractivity contribution >= 4 is 11.6 Å². The van der Waals surface area contributed by atoms with Crippen LogP contribution in [0.2, 0.25) is 0 Å². The van der Waals surface area contributed by atoms with Gasteiger partial charge in [0.05, 0.1) is 18.5 Å². The number of rotatable bonds is 7. The Morgan fingerprint density at radius 1 is 1.45 bits per heavy atom. The maximum Gasteiger partial charge on any atom is 0.241 e. The summed E-state index contributed by atoms with van der Waals surface area (Å²) in [5.41, 5.74) is 0.979. The molecule has 0 radical (unpaired) electrons. The van der Waals surface area contributed by atoms with Crippen LogP contribution in [0.5, 0.6) is 0 Å². The van der Waals surface area contributed by atoms with E-state index in [0.29, 0.717) is 17.9 Å². The quantitative estimate of drug-likeness (QED) is 0.715. The number of aliphatic hydroxyl groups is 1. The fourth-order valence-corrected chi connectivity index (χ4v) is 3.27. The topological polar surface area (TPSA) is 79.2 Å². The molecule has 2 unspecified atom stereocenters. The van der Waals surface area contributed by atoms with Gasteiger partial charge in [0.2, 0.25) is 5.91 Å². The summed E-state index contributed by atoms with van der Waals surface area (Å²) < 4.78 is 1.63. The molecule has 22 heavy (non-hydrogen) atoms. The second kappa shape index (κ2) is 8.17. The Kier molecular flexibility index (Phi) is 6.24. The number of aromatic nitrogens is 2. The number of hydrogen-bond donors (Lipinski definition) is 3. The molecule has 0 aromatic carbocycles. The van der Waals surface area contributed by atoms with Crippen LogP contribution >= 0.6 is 0 Å². The molecular formula is C16H28N4O2. The van der Waals surface area contributed by atoms with Gasteiger partial charge in [0.1, 0.15) is 6.54 Å². The van der Waals surface area contributed by atoms with Gasteiger partial charge in [0.25, 0.3) is 0 Å². The van der Waals surface area contributed by atoms with Crippen molar-refractivity contribution in [2.24, 2.45) is 11.8 Å². The largest absolute Gasteiger partial charge is 0.395 e. The van der Waals surface area contributed by atoms with Gasteiger partial charge in [-0.05, 0) is 24.7 Å². The van der Waals surface area contributed by atoms with Crippen LogP contribution in [-0.4, -0.2) is 40.0 Å². The molecule has 6 nitrogen and oxygen atoms in total. The number of hydrogen-bond acceptors (Lipinski definition) is 4. The van der Waals surface area contributed by atoms with E-state index in [0.717, 1.165) is 5.69 Å². The number of amides is 1. The Hall–Kier alpha value is -1.56. The van der Waals surface area contributed by atoms with Gasteiger partial charge < -0.3 is 15.7 Å². The predicted molar refractivity (Wildman–Crippen MR) is 86.5 cm³/mol. The minimum atomic E-state index is -0.138. The van der Waals surface area contributed by atoms with Gasteiger partial charge in [0, 0.05) is 18.8 Å². The van der Waals surface area contributed by atoms with Crippen molar-refractivity contribution in [1.82, 2.24) is 15.1 Å². The van der Waals surface area contributed by atoms with Gasteiger partial charge in [-0.2, -0.15) is 5.10 Å². The van der Waals surface area contributed by atoms with Crippen molar-refractivity contribution < 1.29 is 9.90 Å². The Morgan fingerprint density at radius 3 is 2.95 bits per heavy atom. The summed E-state index contributed by atoms with van der Waals surface area (Å²) >= 11 is 0. The number of nitrogens with one attached hydrogen (secondary N) is 2. The first-order valence-corrected chi connectivity index (χ1v) is 8.26. The maximum atomic E-state index is 11.6. The predicted octanol–water partition coefficient (Wildman–Crippen LogP) is 1.62. The summed E-state index contributed by atoms with van der Waals surface area (Å²) in [4.78, 5) is 11.6. The average molecular weight is 308 g/mol. The van der Waals surface area contributed by atoms with Crippen molar-refractivity contribution in [3.05, 3.63) is 12.4 Å². The molecule has 124 valence electrons. The lowest BCUT2D eigenvalue weighted by Gasteiger charge is -2.35. The second-order valence-corrected chi connectivity index (χ2v) is 6.44. The Balaban J connectivity index is 1.89. The first kappa shape index (κ1) is 16.8. The Bertz CT molecular complexity index is 472. The highest BCUT2D eigenvalue weighted by molar-refractivity contribution is 5.75. The molecule has 1 amide bonds. The van der Waals surface area contributed by atoms with E-state index in [2.05, 4.69) is 29.6 Å². The number of nitrogens with zero attached hydrogens (tertiary/aromatic N) is 2. The molecule has 3 N–H and O–H groups in total. The van der Waals surface area contributed by atoms with E-state index in [1.165, 1.54) is 25.7 Å². The Labute approximate surface area is 132 Å². The normalized spacial score (nSPS) is 21.8. The first-order valence-electron chi connectivity index (χ1n) is 8.26. The van der Waals surface area contributed by atoms with E-state index >= 15 is 0 Å². The number of carbonyl (C=O) groups is 1. The third kappa shape index (κ3) is 4.73. The van der Waals surface area contributed by atoms with Crippen LogP contribution in [-0.2, 0) is 11.3 Å². The van der Waals surface area contributed by atoms with E-state index in [1.807, 2.05) is 6.20 Å². The van der Waals surface area contributed by atoms with Crippen LogP contribution in [0, 0.1) is 11.8 Å². The molecule has 1 fully saturated rings. The molecule has 2 atom stereocenters. The van der Waals surface area contributed by atoms with Gasteiger partial charge in [-0.15, -0.1) is 0 Å². The van der Waals surface area contributed by atoms with E-state index < -0.39 is 0 Å². The summed E-state index contributed by atoms with van der Waals surface area (Å²) in [6.07, 6.45) is 8.75. The molecule has 1 aromatic rings. The molecule has 1 aromatic heterocycles. The van der Waals surface area contributed by atoms with Crippen molar-refractivity contribution in [2.45, 2.75) is 52.1 Å². The van der Waals surface area contributed by atoms with Gasteiger partial charge in [-0.25, -0.2) is 0 Å². The number of anilines is 1. The lowest BCUT2D eigenvalue weighted by atomic mass is 9.78. The number of carbonyl (C=O) groups excluding carboxylic acids is 1. The van der Waals surface area contributed by atoms with Crippen LogP contribution in [0.25, 0.3) is 0 Å². The highest BCUT2D eigenvalue weighted by atomic mass is 16.3. The molecule has 1 saturated carbocycles. The second-order valence-electron chi connectivity index (χ2n) is 6.44. The van der Waals surface area contributed by atoms with Crippen molar-refractivity contribution in [3.63, 3.8) is 0 Å². The fourth-order valence-electron chi connectivity index (χ4n) is 3.27. The smallest absolute Gasteiger partial charge is 0.241 e. The van der Waals surface area contributed by atoms with E-state index in [4.69, 9.17) is 5.11 Å². The molecular weight excluding hydrogens is 280 g/mol. The van der Waals surface area contributed by atoms with E-state index in [-0.39, 0.29) is 25.6 Å². The highest BCUT2D eigenvalue weighted by Gasteiger charge is 2.27. The van der Waals surface area contributed by atoms with Crippen LogP contribution in [0.4, 0.5) is 5.69 Å². The average Bonchev–Trinajstić information content (AvgIpc) is 2.92. The maximum absolute atomic E-state index is 11.6. The number of aliphatic hydroxyl groups excluding tert-OH is 1. The van der Waals surface area contributed by atoms with Crippen molar-refractivity contribution in [3.8, 4) is 0 Å². The standard InChI is InChI=1S/C16H28N4O2/c1-12(2)14-5-3-4-6-15(14)19-13-9-18-20(10-13)11-16(22)17-7-8-21/h9-10,12,14-15,19,21H,3-8,11H2,1-2H3,(H,17,22). The lowest BCUT2D eigenvalue weighted by molar-refractivity contribution is -0.122. The minimum absolute atomic E-state index is 0.0457. The summed E-state index contributed by atoms with van der Waals surface area (Å²) in [7, 11) is 0. The molecule has 0 aliphatic heterocycles. The van der Waals surface area contributed by atoms with Crippen molar-refractivity contribution in [2.75, 3.05) is 18.5 Å². The SMILES string of the molecule is CC(C)C1CCCCC1Nc1cnn(CC(=O)NCCO)c1. The van der Waals surface area contributed by atoms with Gasteiger partial charge in [-0.3, -0.25) is 9.48 Å². The third-order valence-electron chi connectivity index (χ3n) is 4.40. The van der Waals surface area contributed by atoms with Gasteiger partial charge in [0.15, 0.2) is 0 Å². The fraction of sp³-hybridized carbons (Fsp3) is 0.750. The van der Waals surface area contributed by atoms with Crippen LogP contribution in [0.3, 0.4) is 0 Å². The highest BCUT2D eigenvalue weighted by Crippen LogP contribution is 2.32. The van der Waals surface area contributed by atoms with Gasteiger partial charge >= 0.3 is 0 Å². The molecule has 1 aliphatic rings. The molecule has 2 rings (SSSR count). The molecule has 0 spiro atoms. The summed E-state index contributed by atoms with van der Waals surface area (Å²) in [5.74, 6) is 1.24. The lowest BCUT2D eigenvalue weighted by Crippen LogP contribution is -2.35. The zero-order chi connectivity index (χ0) is 15.9. The first-order chi connectivity index (χ1) is 10.6. The van der Waals surface area contributed by atoms with Crippen LogP contribution in [0.1, 0.15) is 39.5 Å². The summed E-state index contributed by atoms with van der Waals surface area (Å²) in [6, 6.07) is 0.495. The van der Waals surface area contributed by atoms with E-state index in [1.54, 1.807) is 10.9 Å². The summed E-state index contributed by atoms with van der Waals surface area (Å²) in [6.45, 7) is 5.00. The summed E-state index contributed by atoms with van der Waals surface area (Å²) in [5, 5.41) is 19.1. The van der Waals surface area contributed by atoms with Crippen LogP contribution in [0.15, 0.2) is 12.4 Å². The molecule has 0 bridgehead atoms. The van der Waals surface area contributed by atoms with Crippen molar-refractivity contribution in [1.29, 1.82) is 0 Å². The molecule has 1 heterocycles. The third-order valence-corrected chi connectivity index (χ3v) is 4.40. The molecule has 0 saturated heterocycles. The molecule has 6 heteroatoms. The minimum Gasteiger partial charge on any atom is -0.395 e. The zero-order valence-corrected chi connectivity index (χ0v) is 13.6. The molecule has 1 aliphatic carbocycles. The van der Waals surface area contributed by atoms with Crippen LogP contribution < -0.4 is 10.6 Å². The van der Waals surface area contributed by atoms with E-state index in [9.17, 15) is 4.79 Å². The zero-order valence-electron chi connectivity index (χ0n) is 13.6. The van der Waals surface area contributed by atoms with Gasteiger partial charge in [-0.1, -0.05) is 26.7 Å². The monoisotopic (exact) mass is 308 g/mol. The Morgan fingerprint density at radius 2 is 2.23 bits per heavy atom.